The summed E-state index contributed by atoms with van der Waals surface area (Å²) >= 11 is 0. The Bertz CT molecular complexity index is 837. The second-order valence-corrected chi connectivity index (χ2v) is 12.1. The molecule has 1 atom stereocenters. The molecular weight excluding hydrogens is 408 g/mol. The smallest absolute Gasteiger partial charge is 0.193 e. The van der Waals surface area contributed by atoms with E-state index in [1.807, 2.05) is 12.1 Å². The molecule has 2 saturated heterocycles. The van der Waals surface area contributed by atoms with Gasteiger partial charge in [0.2, 0.25) is 0 Å². The van der Waals surface area contributed by atoms with Crippen molar-refractivity contribution in [2.75, 3.05) is 52.1 Å². The molecule has 0 bridgehead atoms. The van der Waals surface area contributed by atoms with Crippen LogP contribution in [0.3, 0.4) is 0 Å². The second kappa shape index (κ2) is 10.3. The first kappa shape index (κ1) is 24.1. The van der Waals surface area contributed by atoms with Crippen LogP contribution in [-0.2, 0) is 15.3 Å². The standard InChI is InChI=1S/C24H40N4O2S/c1-24(2,3)21-8-10-22(11-9-21)31(29,30)17-13-26-23(25-4)28-16-12-20(19-28)18-27-14-6-5-7-15-27/h8-11,20H,5-7,12-19H2,1-4H3,(H,25,26). The van der Waals surface area contributed by atoms with Crippen LogP contribution in [0, 0.1) is 5.92 Å². The number of rotatable bonds is 6. The molecule has 0 aromatic heterocycles. The third-order valence-electron chi connectivity index (χ3n) is 6.50. The van der Waals surface area contributed by atoms with Crippen molar-refractivity contribution in [3.05, 3.63) is 29.8 Å². The molecule has 3 rings (SSSR count). The molecule has 1 aromatic carbocycles. The zero-order valence-electron chi connectivity index (χ0n) is 19.7. The highest BCUT2D eigenvalue weighted by atomic mass is 32.2. The van der Waals surface area contributed by atoms with E-state index in [1.165, 1.54) is 45.3 Å². The van der Waals surface area contributed by atoms with E-state index in [0.717, 1.165) is 24.6 Å². The van der Waals surface area contributed by atoms with Crippen LogP contribution in [0.4, 0.5) is 0 Å². The van der Waals surface area contributed by atoms with Gasteiger partial charge in [-0.05, 0) is 61.4 Å². The van der Waals surface area contributed by atoms with Crippen LogP contribution in [0.15, 0.2) is 34.2 Å². The van der Waals surface area contributed by atoms with Crippen molar-refractivity contribution in [1.82, 2.24) is 15.1 Å². The molecule has 2 fully saturated rings. The first-order valence-electron chi connectivity index (χ1n) is 11.7. The fourth-order valence-electron chi connectivity index (χ4n) is 4.59. The molecule has 1 aromatic rings. The highest BCUT2D eigenvalue weighted by Gasteiger charge is 2.27. The number of piperidine rings is 1. The van der Waals surface area contributed by atoms with Crippen molar-refractivity contribution >= 4 is 15.8 Å². The molecule has 7 heteroatoms. The van der Waals surface area contributed by atoms with Gasteiger partial charge in [-0.1, -0.05) is 39.3 Å². The molecule has 1 N–H and O–H groups in total. The maximum atomic E-state index is 12.8. The Balaban J connectivity index is 1.48. The predicted octanol–water partition coefficient (Wildman–Crippen LogP) is 3.14. The normalized spacial score (nSPS) is 21.5. The average molecular weight is 449 g/mol. The van der Waals surface area contributed by atoms with E-state index in [2.05, 4.69) is 40.9 Å². The quantitative estimate of drug-likeness (QED) is 0.535. The molecule has 2 heterocycles. The van der Waals surface area contributed by atoms with E-state index in [0.29, 0.717) is 17.4 Å². The molecule has 0 aliphatic carbocycles. The molecular formula is C24H40N4O2S. The largest absolute Gasteiger partial charge is 0.355 e. The zero-order chi connectivity index (χ0) is 22.5. The van der Waals surface area contributed by atoms with Crippen LogP contribution >= 0.6 is 0 Å². The summed E-state index contributed by atoms with van der Waals surface area (Å²) in [4.78, 5) is 9.67. The van der Waals surface area contributed by atoms with E-state index < -0.39 is 9.84 Å². The molecule has 0 spiro atoms. The summed E-state index contributed by atoms with van der Waals surface area (Å²) < 4.78 is 25.5. The third-order valence-corrected chi connectivity index (χ3v) is 8.23. The van der Waals surface area contributed by atoms with Crippen LogP contribution in [0.5, 0.6) is 0 Å². The number of likely N-dealkylation sites (tertiary alicyclic amines) is 2. The summed E-state index contributed by atoms with van der Waals surface area (Å²) in [6.45, 7) is 12.4. The fourth-order valence-corrected chi connectivity index (χ4v) is 5.75. The lowest BCUT2D eigenvalue weighted by Gasteiger charge is -2.29. The third kappa shape index (κ3) is 6.69. The number of nitrogens with zero attached hydrogens (tertiary/aromatic N) is 3. The molecule has 1 unspecified atom stereocenters. The number of guanidine groups is 1. The SMILES string of the molecule is CN=C(NCCS(=O)(=O)c1ccc(C(C)(C)C)cc1)N1CCC(CN2CCCCC2)C1. The Morgan fingerprint density at radius 3 is 2.39 bits per heavy atom. The van der Waals surface area contributed by atoms with Gasteiger partial charge in [0.25, 0.3) is 0 Å². The van der Waals surface area contributed by atoms with Gasteiger partial charge in [0.05, 0.1) is 10.6 Å². The predicted molar refractivity (Wildman–Crippen MR) is 129 cm³/mol. The summed E-state index contributed by atoms with van der Waals surface area (Å²) in [5.41, 5.74) is 1.15. The van der Waals surface area contributed by atoms with E-state index >= 15 is 0 Å². The zero-order valence-corrected chi connectivity index (χ0v) is 20.5. The number of hydrogen-bond donors (Lipinski definition) is 1. The van der Waals surface area contributed by atoms with E-state index in [1.54, 1.807) is 19.2 Å². The van der Waals surface area contributed by atoms with Crippen molar-refractivity contribution in [1.29, 1.82) is 0 Å². The topological polar surface area (TPSA) is 65.0 Å². The van der Waals surface area contributed by atoms with Gasteiger partial charge >= 0.3 is 0 Å². The van der Waals surface area contributed by atoms with Crippen molar-refractivity contribution in [2.45, 2.75) is 56.8 Å². The Morgan fingerprint density at radius 2 is 1.77 bits per heavy atom. The van der Waals surface area contributed by atoms with Crippen molar-refractivity contribution in [3.8, 4) is 0 Å². The molecule has 0 saturated carbocycles. The number of benzene rings is 1. The number of nitrogens with one attached hydrogen (secondary N) is 1. The van der Waals surface area contributed by atoms with Gasteiger partial charge in [-0.15, -0.1) is 0 Å². The Morgan fingerprint density at radius 1 is 1.10 bits per heavy atom. The Kier molecular flexibility index (Phi) is 8.03. The van der Waals surface area contributed by atoms with Gasteiger partial charge in [-0.25, -0.2) is 8.42 Å². The maximum Gasteiger partial charge on any atom is 0.193 e. The van der Waals surface area contributed by atoms with Gasteiger partial charge < -0.3 is 15.1 Å². The second-order valence-electron chi connectivity index (χ2n) is 10.0. The highest BCUT2D eigenvalue weighted by molar-refractivity contribution is 7.91. The van der Waals surface area contributed by atoms with Crippen LogP contribution in [-0.4, -0.2) is 76.2 Å². The van der Waals surface area contributed by atoms with Crippen LogP contribution < -0.4 is 5.32 Å². The van der Waals surface area contributed by atoms with Crippen LogP contribution in [0.25, 0.3) is 0 Å². The fraction of sp³-hybridized carbons (Fsp3) is 0.708. The maximum absolute atomic E-state index is 12.8. The molecule has 0 radical (unpaired) electrons. The highest BCUT2D eigenvalue weighted by Crippen LogP contribution is 2.24. The lowest BCUT2D eigenvalue weighted by atomic mass is 9.87. The van der Waals surface area contributed by atoms with Gasteiger partial charge in [-0.2, -0.15) is 0 Å². The summed E-state index contributed by atoms with van der Waals surface area (Å²) in [7, 11) is -1.54. The molecule has 174 valence electrons. The van der Waals surface area contributed by atoms with Crippen LogP contribution in [0.2, 0.25) is 0 Å². The molecule has 0 amide bonds. The van der Waals surface area contributed by atoms with E-state index in [-0.39, 0.29) is 11.2 Å². The van der Waals surface area contributed by atoms with Crippen molar-refractivity contribution < 1.29 is 8.42 Å². The Labute approximate surface area is 189 Å². The minimum atomic E-state index is -3.32. The van der Waals surface area contributed by atoms with E-state index in [4.69, 9.17) is 0 Å². The monoisotopic (exact) mass is 448 g/mol. The summed E-state index contributed by atoms with van der Waals surface area (Å²) in [5.74, 6) is 1.55. The summed E-state index contributed by atoms with van der Waals surface area (Å²) in [6.07, 6.45) is 5.20. The number of sulfone groups is 1. The van der Waals surface area contributed by atoms with Gasteiger partial charge in [0.15, 0.2) is 15.8 Å². The first-order valence-corrected chi connectivity index (χ1v) is 13.4. The summed E-state index contributed by atoms with van der Waals surface area (Å²) in [6, 6.07) is 7.31. The van der Waals surface area contributed by atoms with Crippen LogP contribution in [0.1, 0.15) is 52.0 Å². The van der Waals surface area contributed by atoms with Crippen molar-refractivity contribution in [3.63, 3.8) is 0 Å². The molecule has 2 aliphatic heterocycles. The van der Waals surface area contributed by atoms with Gasteiger partial charge in [0, 0.05) is 33.2 Å². The molecule has 31 heavy (non-hydrogen) atoms. The lowest BCUT2D eigenvalue weighted by molar-refractivity contribution is 0.198. The van der Waals surface area contributed by atoms with Crippen molar-refractivity contribution in [2.24, 2.45) is 10.9 Å². The molecule has 2 aliphatic rings. The number of aliphatic imine (C=N–C) groups is 1. The first-order chi connectivity index (χ1) is 14.7. The average Bonchev–Trinajstić information content (AvgIpc) is 3.19. The molecule has 6 nitrogen and oxygen atoms in total. The number of hydrogen-bond acceptors (Lipinski definition) is 4. The Hall–Kier alpha value is -1.60. The lowest BCUT2D eigenvalue weighted by Crippen LogP contribution is -2.42. The minimum Gasteiger partial charge on any atom is -0.355 e. The van der Waals surface area contributed by atoms with E-state index in [9.17, 15) is 8.42 Å². The van der Waals surface area contributed by atoms with Gasteiger partial charge in [0.1, 0.15) is 0 Å². The van der Waals surface area contributed by atoms with Gasteiger partial charge in [-0.3, -0.25) is 4.99 Å². The summed E-state index contributed by atoms with van der Waals surface area (Å²) in [5, 5.41) is 3.28. The minimum absolute atomic E-state index is 0.0118.